The molecular formula is C42H49N7O7. The van der Waals surface area contributed by atoms with Gasteiger partial charge in [0.2, 0.25) is 11.8 Å². The molecule has 0 unspecified atom stereocenters. The molecule has 294 valence electrons. The molecule has 3 atom stereocenters. The van der Waals surface area contributed by atoms with Crippen LogP contribution in [0.15, 0.2) is 72.9 Å². The highest BCUT2D eigenvalue weighted by Crippen LogP contribution is 2.34. The van der Waals surface area contributed by atoms with Crippen molar-refractivity contribution in [2.24, 2.45) is 11.8 Å². The Morgan fingerprint density at radius 1 is 0.768 bits per heavy atom. The van der Waals surface area contributed by atoms with E-state index in [9.17, 15) is 24.0 Å². The van der Waals surface area contributed by atoms with E-state index in [-0.39, 0.29) is 35.6 Å². The van der Waals surface area contributed by atoms with Gasteiger partial charge in [0.25, 0.3) is 5.91 Å². The number of imidazole rings is 1. The summed E-state index contributed by atoms with van der Waals surface area (Å²) in [5.41, 5.74) is 6.38. The molecule has 6 rings (SSSR count). The summed E-state index contributed by atoms with van der Waals surface area (Å²) >= 11 is 0. The molecule has 1 fully saturated rings. The molecule has 1 aromatic heterocycles. The van der Waals surface area contributed by atoms with Gasteiger partial charge in [-0.3, -0.25) is 14.4 Å². The van der Waals surface area contributed by atoms with Crippen LogP contribution >= 0.6 is 0 Å². The van der Waals surface area contributed by atoms with Crippen LogP contribution < -0.4 is 20.9 Å². The minimum absolute atomic E-state index is 0.118. The number of H-pyrrole nitrogens is 1. The van der Waals surface area contributed by atoms with E-state index in [1.807, 2.05) is 76.2 Å². The quantitative estimate of drug-likeness (QED) is 0.138. The molecule has 14 heteroatoms. The van der Waals surface area contributed by atoms with Crippen molar-refractivity contribution >= 4 is 41.3 Å². The van der Waals surface area contributed by atoms with E-state index in [1.54, 1.807) is 34.2 Å². The van der Waals surface area contributed by atoms with Gasteiger partial charge in [0, 0.05) is 30.0 Å². The number of anilines is 2. The first-order chi connectivity index (χ1) is 26.9. The fourth-order valence-electron chi connectivity index (χ4n) is 7.26. The minimum Gasteiger partial charge on any atom is -0.453 e. The highest BCUT2D eigenvalue weighted by molar-refractivity contribution is 6.06. The first kappa shape index (κ1) is 39.5. The van der Waals surface area contributed by atoms with Gasteiger partial charge >= 0.3 is 12.2 Å². The standard InChI is InChI=1S/C42H49N7O7/c1-24(2)35(46-41(53)55-5)39(51)48-20-7-8-33(48)37-43-23-32(45-37)28-13-9-26(10-14-28)27-11-15-30(16-12-27)38(50)44-31-18-17-29-19-21-49(34(29)22-31)40(52)36(25(3)4)47-42(54)56-6/h9-18,22-25,33,35-36H,7-8,19-21H2,1-6H3,(H,43,45)(H,44,50)(H,46,53)(H,47,54)/t33-,35-,36-/m0/s1. The number of hydrogen-bond acceptors (Lipinski definition) is 8. The fourth-order valence-corrected chi connectivity index (χ4v) is 7.26. The average Bonchev–Trinajstić information content (AvgIpc) is 3.98. The zero-order chi connectivity index (χ0) is 40.1. The maximum atomic E-state index is 13.5. The van der Waals surface area contributed by atoms with Gasteiger partial charge < -0.3 is 40.2 Å². The third-order valence-corrected chi connectivity index (χ3v) is 10.4. The maximum Gasteiger partial charge on any atom is 0.407 e. The van der Waals surface area contributed by atoms with E-state index in [0.29, 0.717) is 42.3 Å². The zero-order valence-electron chi connectivity index (χ0n) is 32.5. The Hall–Kier alpha value is -6.18. The Balaban J connectivity index is 1.09. The first-order valence-electron chi connectivity index (χ1n) is 18.9. The molecule has 0 saturated carbocycles. The number of benzene rings is 3. The summed E-state index contributed by atoms with van der Waals surface area (Å²) in [6, 6.07) is 19.2. The molecule has 0 spiro atoms. The molecule has 2 aliphatic heterocycles. The molecule has 56 heavy (non-hydrogen) atoms. The topological polar surface area (TPSA) is 175 Å². The number of alkyl carbamates (subject to hydrolysis) is 2. The highest BCUT2D eigenvalue weighted by atomic mass is 16.5. The SMILES string of the molecule is COC(=O)N[C@H](C(=O)N1CCc2ccc(NC(=O)c3ccc(-c4ccc(-c5cnc([C@@H]6CCCN6C(=O)[C@@H](NC(=O)OC)C(C)C)[nH]5)cc4)cc3)cc21)C(C)C. The van der Waals surface area contributed by atoms with Crippen LogP contribution in [-0.2, 0) is 25.5 Å². The van der Waals surface area contributed by atoms with E-state index in [4.69, 9.17) is 9.47 Å². The van der Waals surface area contributed by atoms with Crippen LogP contribution in [0.2, 0.25) is 0 Å². The molecule has 14 nitrogen and oxygen atoms in total. The van der Waals surface area contributed by atoms with Crippen LogP contribution in [0.5, 0.6) is 0 Å². The van der Waals surface area contributed by atoms with Gasteiger partial charge in [-0.1, -0.05) is 70.2 Å². The van der Waals surface area contributed by atoms with Crippen molar-refractivity contribution in [1.29, 1.82) is 0 Å². The molecular weight excluding hydrogens is 715 g/mol. The lowest BCUT2D eigenvalue weighted by Crippen LogP contribution is -2.51. The number of likely N-dealkylation sites (tertiary alicyclic amines) is 1. The van der Waals surface area contributed by atoms with Crippen molar-refractivity contribution in [3.8, 4) is 22.4 Å². The molecule has 0 bridgehead atoms. The Morgan fingerprint density at radius 3 is 1.96 bits per heavy atom. The lowest BCUT2D eigenvalue weighted by molar-refractivity contribution is -0.135. The van der Waals surface area contributed by atoms with Crippen LogP contribution in [0, 0.1) is 11.8 Å². The number of nitrogens with one attached hydrogen (secondary N) is 4. The van der Waals surface area contributed by atoms with Crippen LogP contribution in [0.25, 0.3) is 22.4 Å². The van der Waals surface area contributed by atoms with Gasteiger partial charge in [-0.05, 0) is 77.6 Å². The van der Waals surface area contributed by atoms with E-state index < -0.39 is 24.3 Å². The summed E-state index contributed by atoms with van der Waals surface area (Å²) in [5.74, 6) is -0.256. The number of nitrogens with zero attached hydrogens (tertiary/aromatic N) is 3. The van der Waals surface area contributed by atoms with Crippen molar-refractivity contribution in [3.05, 3.63) is 89.9 Å². The monoisotopic (exact) mass is 763 g/mol. The minimum atomic E-state index is -0.755. The first-order valence-corrected chi connectivity index (χ1v) is 18.9. The molecule has 2 aliphatic rings. The van der Waals surface area contributed by atoms with Crippen molar-refractivity contribution in [3.63, 3.8) is 0 Å². The van der Waals surface area contributed by atoms with Crippen LogP contribution in [-0.4, -0.2) is 84.2 Å². The number of amides is 5. The third kappa shape index (κ3) is 8.54. The molecule has 3 heterocycles. The van der Waals surface area contributed by atoms with Crippen molar-refractivity contribution in [2.45, 2.75) is 65.1 Å². The average molecular weight is 764 g/mol. The number of methoxy groups -OCH3 is 2. The van der Waals surface area contributed by atoms with E-state index >= 15 is 0 Å². The number of carbonyl (C=O) groups excluding carboxylic acids is 5. The van der Waals surface area contributed by atoms with E-state index in [2.05, 4.69) is 25.9 Å². The number of ether oxygens (including phenoxy) is 2. The predicted octanol–water partition coefficient (Wildman–Crippen LogP) is 6.31. The van der Waals surface area contributed by atoms with Gasteiger partial charge in [-0.2, -0.15) is 0 Å². The second kappa shape index (κ2) is 17.1. The normalized spacial score (nSPS) is 16.0. The zero-order valence-corrected chi connectivity index (χ0v) is 32.5. The van der Waals surface area contributed by atoms with Gasteiger partial charge in [-0.15, -0.1) is 0 Å². The summed E-state index contributed by atoms with van der Waals surface area (Å²) in [7, 11) is 2.54. The Morgan fingerprint density at radius 2 is 1.36 bits per heavy atom. The number of aromatic amines is 1. The van der Waals surface area contributed by atoms with Gasteiger partial charge in [-0.25, -0.2) is 14.6 Å². The molecule has 4 aromatic rings. The Bertz CT molecular complexity index is 2080. The fraction of sp³-hybridized carbons (Fsp3) is 0.381. The Kier molecular flexibility index (Phi) is 12.1. The number of hydrogen-bond donors (Lipinski definition) is 4. The van der Waals surface area contributed by atoms with Crippen LogP contribution in [0.1, 0.15) is 68.3 Å². The van der Waals surface area contributed by atoms with Crippen molar-refractivity contribution in [2.75, 3.05) is 37.5 Å². The molecule has 3 aromatic carbocycles. The van der Waals surface area contributed by atoms with Crippen molar-refractivity contribution < 1.29 is 33.4 Å². The number of rotatable bonds is 11. The highest BCUT2D eigenvalue weighted by Gasteiger charge is 2.38. The summed E-state index contributed by atoms with van der Waals surface area (Å²) in [6.45, 7) is 8.55. The van der Waals surface area contributed by atoms with Crippen LogP contribution in [0.3, 0.4) is 0 Å². The molecule has 0 aliphatic carbocycles. The second-order valence-corrected chi connectivity index (χ2v) is 14.8. The van der Waals surface area contributed by atoms with Gasteiger partial charge in [0.05, 0.1) is 32.2 Å². The lowest BCUT2D eigenvalue weighted by atomic mass is 10.0. The number of fused-ring (bicyclic) bond motifs is 1. The molecule has 5 amide bonds. The Labute approximate surface area is 326 Å². The van der Waals surface area contributed by atoms with Crippen molar-refractivity contribution in [1.82, 2.24) is 25.5 Å². The summed E-state index contributed by atoms with van der Waals surface area (Å²) in [5, 5.41) is 8.28. The molecule has 1 saturated heterocycles. The van der Waals surface area contributed by atoms with E-state index in [0.717, 1.165) is 40.8 Å². The third-order valence-electron chi connectivity index (χ3n) is 10.4. The van der Waals surface area contributed by atoms with Gasteiger partial charge in [0.15, 0.2) is 0 Å². The number of carbonyl (C=O) groups is 5. The molecule has 4 N–H and O–H groups in total. The van der Waals surface area contributed by atoms with E-state index in [1.165, 1.54) is 14.2 Å². The summed E-state index contributed by atoms with van der Waals surface area (Å²) < 4.78 is 9.47. The second-order valence-electron chi connectivity index (χ2n) is 14.8. The maximum absolute atomic E-state index is 13.5. The van der Waals surface area contributed by atoms with Gasteiger partial charge in [0.1, 0.15) is 17.9 Å². The van der Waals surface area contributed by atoms with Crippen LogP contribution in [0.4, 0.5) is 21.0 Å². The number of aromatic nitrogens is 2. The predicted molar refractivity (Wildman–Crippen MR) is 212 cm³/mol. The summed E-state index contributed by atoms with van der Waals surface area (Å²) in [4.78, 5) is 75.6. The largest absolute Gasteiger partial charge is 0.453 e. The lowest BCUT2D eigenvalue weighted by Gasteiger charge is -2.30. The smallest absolute Gasteiger partial charge is 0.407 e. The summed E-state index contributed by atoms with van der Waals surface area (Å²) in [6.07, 6.45) is 2.73. The molecule has 0 radical (unpaired) electrons.